The van der Waals surface area contributed by atoms with Gasteiger partial charge in [0.2, 0.25) is 5.78 Å². The van der Waals surface area contributed by atoms with E-state index < -0.39 is 45.4 Å². The molecule has 25 heavy (non-hydrogen) atoms. The topological polar surface area (TPSA) is 121 Å². The predicted octanol–water partition coefficient (Wildman–Crippen LogP) is 1.97. The summed E-state index contributed by atoms with van der Waals surface area (Å²) < 4.78 is 5.29. The van der Waals surface area contributed by atoms with Gasteiger partial charge in [0.05, 0.1) is 17.1 Å². The molecule has 0 saturated carbocycles. The van der Waals surface area contributed by atoms with Crippen molar-refractivity contribution < 1.29 is 28.8 Å². The molecule has 0 saturated heterocycles. The highest BCUT2D eigenvalue weighted by atomic mass is 79.9. The summed E-state index contributed by atoms with van der Waals surface area (Å²) in [5.74, 6) is -5.86. The summed E-state index contributed by atoms with van der Waals surface area (Å²) in [6, 6.07) is 4.14. The van der Waals surface area contributed by atoms with Crippen LogP contribution in [0.25, 0.3) is 5.57 Å². The highest BCUT2D eigenvalue weighted by Crippen LogP contribution is 2.37. The minimum Gasteiger partial charge on any atom is -0.465 e. The minimum atomic E-state index is -1.68. The van der Waals surface area contributed by atoms with Crippen LogP contribution in [0.4, 0.5) is 0 Å². The van der Waals surface area contributed by atoms with E-state index in [4.69, 9.17) is 4.74 Å². The fraction of sp³-hybridized carbons (Fsp3) is 0.250. The number of ketones is 3. The lowest BCUT2D eigenvalue weighted by atomic mass is 9.79. The Morgan fingerprint density at radius 1 is 1.24 bits per heavy atom. The van der Waals surface area contributed by atoms with Gasteiger partial charge in [-0.15, -0.1) is 0 Å². The van der Waals surface area contributed by atoms with E-state index in [0.29, 0.717) is 4.47 Å². The van der Waals surface area contributed by atoms with Gasteiger partial charge < -0.3 is 4.74 Å². The molecular weight excluding hydrogens is 398 g/mol. The second-order valence-electron chi connectivity index (χ2n) is 5.16. The van der Waals surface area contributed by atoms with Gasteiger partial charge in [-0.3, -0.25) is 29.3 Å². The van der Waals surface area contributed by atoms with E-state index in [2.05, 4.69) is 15.9 Å². The van der Waals surface area contributed by atoms with E-state index in [1.54, 1.807) is 0 Å². The molecule has 1 atom stereocenters. The van der Waals surface area contributed by atoms with Gasteiger partial charge in [0.1, 0.15) is 11.7 Å². The molecule has 0 aromatic heterocycles. The Labute approximate surface area is 150 Å². The molecule has 0 heterocycles. The molecule has 0 bridgehead atoms. The van der Waals surface area contributed by atoms with E-state index >= 15 is 0 Å². The van der Waals surface area contributed by atoms with E-state index in [0.717, 1.165) is 6.92 Å². The molecule has 0 N–H and O–H groups in total. The van der Waals surface area contributed by atoms with Gasteiger partial charge in [-0.1, -0.05) is 15.9 Å². The van der Waals surface area contributed by atoms with Crippen LogP contribution in [0.3, 0.4) is 0 Å². The summed E-state index contributed by atoms with van der Waals surface area (Å²) in [4.78, 5) is 59.0. The van der Waals surface area contributed by atoms with Crippen LogP contribution in [0.1, 0.15) is 29.8 Å². The first-order chi connectivity index (χ1) is 11.7. The lowest BCUT2D eigenvalue weighted by Gasteiger charge is -2.21. The van der Waals surface area contributed by atoms with Gasteiger partial charge in [0.25, 0.3) is 0 Å². The Bertz CT molecular complexity index is 856. The predicted molar refractivity (Wildman–Crippen MR) is 88.2 cm³/mol. The number of esters is 1. The normalized spacial score (nSPS) is 14.8. The lowest BCUT2D eigenvalue weighted by Crippen LogP contribution is -2.34. The summed E-state index contributed by atoms with van der Waals surface area (Å²) in [5.41, 5.74) is -1.62. The molecule has 1 aliphatic carbocycles. The Balaban J connectivity index is 2.88. The first kappa shape index (κ1) is 18.7. The van der Waals surface area contributed by atoms with Crippen LogP contribution in [0.5, 0.6) is 0 Å². The van der Waals surface area contributed by atoms with Crippen LogP contribution in [-0.2, 0) is 19.1 Å². The molecule has 8 nitrogen and oxygen atoms in total. The maximum atomic E-state index is 12.2. The first-order valence-electron chi connectivity index (χ1n) is 7.15. The van der Waals surface area contributed by atoms with Crippen molar-refractivity contribution in [3.63, 3.8) is 0 Å². The lowest BCUT2D eigenvalue weighted by molar-refractivity contribution is -0.417. The van der Waals surface area contributed by atoms with Gasteiger partial charge >= 0.3 is 17.4 Å². The number of halogens is 1. The summed E-state index contributed by atoms with van der Waals surface area (Å²) in [7, 11) is 0. The molecule has 9 heteroatoms. The molecule has 1 aromatic rings. The highest BCUT2D eigenvalue weighted by Gasteiger charge is 2.46. The van der Waals surface area contributed by atoms with Gasteiger partial charge in [-0.2, -0.15) is 0 Å². The van der Waals surface area contributed by atoms with Crippen LogP contribution in [0.15, 0.2) is 28.4 Å². The van der Waals surface area contributed by atoms with Crippen molar-refractivity contribution in [3.05, 3.63) is 49.6 Å². The van der Waals surface area contributed by atoms with Crippen molar-refractivity contribution in [2.24, 2.45) is 5.92 Å². The summed E-state index contributed by atoms with van der Waals surface area (Å²) in [6.45, 7) is 2.52. The SMILES string of the molecule is CCOC(=O)C(C(C)=O)C1=C([N+](=O)[O-])C(=O)C(=O)c2ccc(Br)cc21. The van der Waals surface area contributed by atoms with Crippen molar-refractivity contribution in [1.29, 1.82) is 0 Å². The third-order valence-corrected chi connectivity index (χ3v) is 4.09. The summed E-state index contributed by atoms with van der Waals surface area (Å²) >= 11 is 3.17. The number of ether oxygens (including phenoxy) is 1. The maximum Gasteiger partial charge on any atom is 0.325 e. The fourth-order valence-electron chi connectivity index (χ4n) is 2.60. The Kier molecular flexibility index (Phi) is 5.27. The summed E-state index contributed by atoms with van der Waals surface area (Å²) in [6.07, 6.45) is 0. The Morgan fingerprint density at radius 3 is 2.40 bits per heavy atom. The number of fused-ring (bicyclic) bond motifs is 1. The van der Waals surface area contributed by atoms with E-state index in [-0.39, 0.29) is 17.7 Å². The standard InChI is InChI=1S/C16H12BrNO7/c1-3-25-16(22)11(7(2)19)12-10-6-8(17)4-5-9(10)14(20)15(21)13(12)18(23)24/h4-6,11H,3H2,1-2H3. The van der Waals surface area contributed by atoms with E-state index in [9.17, 15) is 29.3 Å². The van der Waals surface area contributed by atoms with Gasteiger partial charge in [-0.05, 0) is 37.6 Å². The van der Waals surface area contributed by atoms with Gasteiger partial charge in [0.15, 0.2) is 0 Å². The van der Waals surface area contributed by atoms with Crippen LogP contribution >= 0.6 is 15.9 Å². The second-order valence-corrected chi connectivity index (χ2v) is 6.08. The molecule has 1 aliphatic rings. The van der Waals surface area contributed by atoms with E-state index in [1.807, 2.05) is 0 Å². The quantitative estimate of drug-likeness (QED) is 0.239. The third-order valence-electron chi connectivity index (χ3n) is 3.59. The number of benzene rings is 1. The highest BCUT2D eigenvalue weighted by molar-refractivity contribution is 9.10. The molecular formula is C16H12BrNO7. The van der Waals surface area contributed by atoms with Crippen molar-refractivity contribution >= 4 is 44.8 Å². The van der Waals surface area contributed by atoms with Gasteiger partial charge in [-0.25, -0.2) is 0 Å². The number of allylic oxidation sites excluding steroid dienone is 1. The zero-order chi connectivity index (χ0) is 18.9. The van der Waals surface area contributed by atoms with Crippen LogP contribution in [-0.4, -0.2) is 34.8 Å². The molecule has 0 aliphatic heterocycles. The number of rotatable bonds is 5. The van der Waals surface area contributed by atoms with Crippen molar-refractivity contribution in [2.75, 3.05) is 6.61 Å². The third kappa shape index (κ3) is 3.27. The average Bonchev–Trinajstić information content (AvgIpc) is 2.51. The zero-order valence-corrected chi connectivity index (χ0v) is 14.8. The number of carbonyl (C=O) groups excluding carboxylic acids is 4. The fourth-order valence-corrected chi connectivity index (χ4v) is 2.96. The Hall–Kier alpha value is -2.68. The van der Waals surface area contributed by atoms with Crippen molar-refractivity contribution in [1.82, 2.24) is 0 Å². The van der Waals surface area contributed by atoms with Crippen molar-refractivity contribution in [2.45, 2.75) is 13.8 Å². The maximum absolute atomic E-state index is 12.2. The molecule has 0 fully saturated rings. The minimum absolute atomic E-state index is 0.0149. The second kappa shape index (κ2) is 7.06. The van der Waals surface area contributed by atoms with Crippen LogP contribution in [0, 0.1) is 16.0 Å². The average molecular weight is 410 g/mol. The largest absolute Gasteiger partial charge is 0.465 e. The number of Topliss-reactive ketones (excluding diaryl/α,β-unsaturated/α-hetero) is 3. The van der Waals surface area contributed by atoms with Crippen molar-refractivity contribution in [3.8, 4) is 0 Å². The molecule has 0 radical (unpaired) electrons. The van der Waals surface area contributed by atoms with Gasteiger partial charge in [0, 0.05) is 10.0 Å². The number of hydrogen-bond donors (Lipinski definition) is 0. The van der Waals surface area contributed by atoms with Crippen LogP contribution in [0.2, 0.25) is 0 Å². The molecule has 0 amide bonds. The molecule has 0 spiro atoms. The van der Waals surface area contributed by atoms with Crippen LogP contribution < -0.4 is 0 Å². The summed E-state index contributed by atoms with van der Waals surface area (Å²) in [5, 5.41) is 11.4. The first-order valence-corrected chi connectivity index (χ1v) is 7.94. The zero-order valence-electron chi connectivity index (χ0n) is 13.2. The number of nitro groups is 1. The monoisotopic (exact) mass is 409 g/mol. The number of hydrogen-bond acceptors (Lipinski definition) is 7. The Morgan fingerprint density at radius 2 is 1.88 bits per heavy atom. The molecule has 1 unspecified atom stereocenters. The molecule has 130 valence electrons. The van der Waals surface area contributed by atoms with E-state index in [1.165, 1.54) is 25.1 Å². The molecule has 1 aromatic carbocycles. The number of nitrogens with zero attached hydrogens (tertiary/aromatic N) is 1. The smallest absolute Gasteiger partial charge is 0.325 e. The molecule has 2 rings (SSSR count). The number of carbonyl (C=O) groups is 4.